The summed E-state index contributed by atoms with van der Waals surface area (Å²) in [5.74, 6) is -0.0571. The Morgan fingerprint density at radius 2 is 1.77 bits per heavy atom. The van der Waals surface area contributed by atoms with E-state index < -0.39 is 0 Å². The number of carbonyl (C=O) groups is 1. The third-order valence-corrected chi connectivity index (χ3v) is 3.53. The topological polar surface area (TPSA) is 57.8 Å². The molecular weight excluding hydrogens is 298 g/mol. The van der Waals surface area contributed by atoms with Crippen molar-refractivity contribution in [3.05, 3.63) is 71.5 Å². The molecule has 0 aliphatic carbocycles. The van der Waals surface area contributed by atoms with E-state index in [1.54, 1.807) is 18.3 Å². The highest BCUT2D eigenvalue weighted by Gasteiger charge is 2.05. The third kappa shape index (κ3) is 3.54. The molecule has 0 saturated carbocycles. The minimum Gasteiger partial charge on any atom is -0.326 e. The van der Waals surface area contributed by atoms with Gasteiger partial charge in [-0.15, -0.1) is 0 Å². The minimum absolute atomic E-state index is 0.0571. The van der Waals surface area contributed by atoms with Crippen LogP contribution in [0.25, 0.3) is 11.1 Å². The first-order valence-electron chi connectivity index (χ1n) is 6.84. The Bertz CT molecular complexity index is 750. The molecule has 1 heterocycles. The molecule has 0 radical (unpaired) electrons. The molecule has 3 aromatic rings. The Hall–Kier alpha value is -2.59. The van der Waals surface area contributed by atoms with Crippen molar-refractivity contribution in [2.75, 3.05) is 5.32 Å². The van der Waals surface area contributed by atoms with Crippen LogP contribution >= 0.6 is 11.6 Å². The first kappa shape index (κ1) is 14.4. The lowest BCUT2D eigenvalue weighted by molar-refractivity contribution is -0.115. The van der Waals surface area contributed by atoms with Crippen LogP contribution in [0.4, 0.5) is 5.69 Å². The Morgan fingerprint density at radius 1 is 1.05 bits per heavy atom. The summed E-state index contributed by atoms with van der Waals surface area (Å²) in [5.41, 5.74) is 3.76. The van der Waals surface area contributed by atoms with Gasteiger partial charge in [0.05, 0.1) is 12.6 Å². The van der Waals surface area contributed by atoms with Crippen molar-refractivity contribution in [3.63, 3.8) is 0 Å². The van der Waals surface area contributed by atoms with E-state index >= 15 is 0 Å². The molecule has 0 aliphatic rings. The SMILES string of the molecule is O=C(Cc1ccc(Cl)cc1)Nc1ccc(-c2cn[nH]c2)cc1. The molecule has 0 fully saturated rings. The Kier molecular flexibility index (Phi) is 4.21. The average Bonchev–Trinajstić information content (AvgIpc) is 3.05. The van der Waals surface area contributed by atoms with E-state index in [2.05, 4.69) is 15.5 Å². The van der Waals surface area contributed by atoms with Gasteiger partial charge in [-0.25, -0.2) is 0 Å². The third-order valence-electron chi connectivity index (χ3n) is 3.28. The van der Waals surface area contributed by atoms with Crippen molar-refractivity contribution in [2.45, 2.75) is 6.42 Å². The maximum atomic E-state index is 12.0. The molecule has 22 heavy (non-hydrogen) atoms. The lowest BCUT2D eigenvalue weighted by atomic mass is 10.1. The number of anilines is 1. The van der Waals surface area contributed by atoms with Gasteiger partial charge in [0.25, 0.3) is 0 Å². The predicted molar refractivity (Wildman–Crippen MR) is 87.8 cm³/mol. The standard InChI is InChI=1S/C17H14ClN3O/c18-15-5-1-12(2-6-15)9-17(22)21-16-7-3-13(4-8-16)14-10-19-20-11-14/h1-8,10-11H,9H2,(H,19,20)(H,21,22). The van der Waals surface area contributed by atoms with Gasteiger partial charge in [-0.1, -0.05) is 35.9 Å². The van der Waals surface area contributed by atoms with Crippen LogP contribution in [0.5, 0.6) is 0 Å². The molecule has 1 amide bonds. The minimum atomic E-state index is -0.0571. The molecule has 0 bridgehead atoms. The van der Waals surface area contributed by atoms with E-state index in [9.17, 15) is 4.79 Å². The molecule has 4 nitrogen and oxygen atoms in total. The molecule has 0 atom stereocenters. The van der Waals surface area contributed by atoms with Crippen LogP contribution in [-0.4, -0.2) is 16.1 Å². The van der Waals surface area contributed by atoms with Crippen LogP contribution in [0.3, 0.4) is 0 Å². The number of benzene rings is 2. The van der Waals surface area contributed by atoms with Crippen LogP contribution in [-0.2, 0) is 11.2 Å². The van der Waals surface area contributed by atoms with Crippen molar-refractivity contribution in [1.29, 1.82) is 0 Å². The summed E-state index contributed by atoms with van der Waals surface area (Å²) in [6.07, 6.45) is 3.91. The van der Waals surface area contributed by atoms with E-state index in [1.165, 1.54) is 0 Å². The van der Waals surface area contributed by atoms with Gasteiger partial charge in [-0.3, -0.25) is 9.89 Å². The zero-order valence-electron chi connectivity index (χ0n) is 11.7. The molecule has 0 saturated heterocycles. The Labute approximate surface area is 133 Å². The summed E-state index contributed by atoms with van der Waals surface area (Å²) in [4.78, 5) is 12.0. The summed E-state index contributed by atoms with van der Waals surface area (Å²) < 4.78 is 0. The molecule has 2 N–H and O–H groups in total. The Morgan fingerprint density at radius 3 is 2.41 bits per heavy atom. The fourth-order valence-corrected chi connectivity index (χ4v) is 2.27. The number of nitrogens with one attached hydrogen (secondary N) is 2. The zero-order chi connectivity index (χ0) is 15.4. The Balaban J connectivity index is 1.63. The van der Waals surface area contributed by atoms with Gasteiger partial charge in [0.1, 0.15) is 0 Å². The van der Waals surface area contributed by atoms with E-state index in [4.69, 9.17) is 11.6 Å². The van der Waals surface area contributed by atoms with E-state index in [0.29, 0.717) is 11.4 Å². The highest BCUT2D eigenvalue weighted by Crippen LogP contribution is 2.20. The van der Waals surface area contributed by atoms with Crippen LogP contribution in [0, 0.1) is 0 Å². The van der Waals surface area contributed by atoms with Gasteiger partial charge in [0.15, 0.2) is 0 Å². The van der Waals surface area contributed by atoms with Gasteiger partial charge in [-0.05, 0) is 35.4 Å². The second-order valence-electron chi connectivity index (χ2n) is 4.92. The molecule has 0 spiro atoms. The molecule has 1 aromatic heterocycles. The summed E-state index contributed by atoms with van der Waals surface area (Å²) in [7, 11) is 0. The van der Waals surface area contributed by atoms with Gasteiger partial charge in [-0.2, -0.15) is 5.10 Å². The van der Waals surface area contributed by atoms with Gasteiger partial charge in [0, 0.05) is 22.5 Å². The molecule has 110 valence electrons. The monoisotopic (exact) mass is 311 g/mol. The lowest BCUT2D eigenvalue weighted by Crippen LogP contribution is -2.14. The highest BCUT2D eigenvalue weighted by atomic mass is 35.5. The number of nitrogens with zero attached hydrogens (tertiary/aromatic N) is 1. The fourth-order valence-electron chi connectivity index (χ4n) is 2.15. The number of H-pyrrole nitrogens is 1. The summed E-state index contributed by atoms with van der Waals surface area (Å²) in [6, 6.07) is 14.9. The van der Waals surface area contributed by atoms with Gasteiger partial charge in [0.2, 0.25) is 5.91 Å². The predicted octanol–water partition coefficient (Wildman–Crippen LogP) is 3.91. The normalized spacial score (nSPS) is 10.4. The number of hydrogen-bond acceptors (Lipinski definition) is 2. The fraction of sp³-hybridized carbons (Fsp3) is 0.0588. The second kappa shape index (κ2) is 6.45. The summed E-state index contributed by atoms with van der Waals surface area (Å²) >= 11 is 5.83. The van der Waals surface area contributed by atoms with E-state index in [0.717, 1.165) is 22.4 Å². The number of hydrogen-bond donors (Lipinski definition) is 2. The summed E-state index contributed by atoms with van der Waals surface area (Å²) in [6.45, 7) is 0. The van der Waals surface area contributed by atoms with Crippen molar-refractivity contribution >= 4 is 23.2 Å². The smallest absolute Gasteiger partial charge is 0.228 e. The number of halogens is 1. The summed E-state index contributed by atoms with van der Waals surface area (Å²) in [5, 5.41) is 10.2. The number of rotatable bonds is 4. The van der Waals surface area contributed by atoms with Crippen molar-refractivity contribution < 1.29 is 4.79 Å². The number of carbonyl (C=O) groups excluding carboxylic acids is 1. The van der Waals surface area contributed by atoms with Gasteiger partial charge >= 0.3 is 0 Å². The maximum Gasteiger partial charge on any atom is 0.228 e. The van der Waals surface area contributed by atoms with Crippen LogP contribution in [0.15, 0.2) is 60.9 Å². The largest absolute Gasteiger partial charge is 0.326 e. The van der Waals surface area contributed by atoms with Gasteiger partial charge < -0.3 is 5.32 Å². The molecular formula is C17H14ClN3O. The number of aromatic amines is 1. The van der Waals surface area contributed by atoms with Crippen molar-refractivity contribution in [1.82, 2.24) is 10.2 Å². The first-order chi connectivity index (χ1) is 10.7. The molecule has 5 heteroatoms. The zero-order valence-corrected chi connectivity index (χ0v) is 12.5. The van der Waals surface area contributed by atoms with Crippen LogP contribution < -0.4 is 5.32 Å². The molecule has 3 rings (SSSR count). The number of amides is 1. The van der Waals surface area contributed by atoms with Crippen LogP contribution in [0.2, 0.25) is 5.02 Å². The molecule has 2 aromatic carbocycles. The van der Waals surface area contributed by atoms with Crippen LogP contribution in [0.1, 0.15) is 5.56 Å². The second-order valence-corrected chi connectivity index (χ2v) is 5.35. The number of aromatic nitrogens is 2. The average molecular weight is 312 g/mol. The van der Waals surface area contributed by atoms with Crippen molar-refractivity contribution in [3.8, 4) is 11.1 Å². The lowest BCUT2D eigenvalue weighted by Gasteiger charge is -2.06. The molecule has 0 aliphatic heterocycles. The van der Waals surface area contributed by atoms with E-state index in [-0.39, 0.29) is 5.91 Å². The van der Waals surface area contributed by atoms with Crippen molar-refractivity contribution in [2.24, 2.45) is 0 Å². The first-order valence-corrected chi connectivity index (χ1v) is 7.22. The quantitative estimate of drug-likeness (QED) is 0.767. The highest BCUT2D eigenvalue weighted by molar-refractivity contribution is 6.30. The maximum absolute atomic E-state index is 12.0. The van der Waals surface area contributed by atoms with E-state index in [1.807, 2.05) is 42.6 Å². The molecule has 0 unspecified atom stereocenters.